The number of aromatic nitrogens is 1. The number of ether oxygens (including phenoxy) is 2. The zero-order valence-electron chi connectivity index (χ0n) is 29.8. The van der Waals surface area contributed by atoms with E-state index in [1.807, 2.05) is 0 Å². The van der Waals surface area contributed by atoms with Crippen molar-refractivity contribution in [3.63, 3.8) is 0 Å². The van der Waals surface area contributed by atoms with Crippen molar-refractivity contribution >= 4 is 16.7 Å². The summed E-state index contributed by atoms with van der Waals surface area (Å²) >= 11 is 0. The quantitative estimate of drug-likeness (QED) is 0.410. The van der Waals surface area contributed by atoms with Crippen LogP contribution in [0.3, 0.4) is 0 Å². The van der Waals surface area contributed by atoms with Gasteiger partial charge in [-0.3, -0.25) is 4.79 Å². The molecule has 2 N–H and O–H groups in total. The number of nitrogens with zero attached hydrogens (tertiary/aromatic N) is 1. The van der Waals surface area contributed by atoms with Gasteiger partial charge < -0.3 is 24.3 Å². The smallest absolute Gasteiger partial charge is 0.395 e. The Balaban J connectivity index is 1.63. The predicted octanol–water partition coefficient (Wildman–Crippen LogP) is 4.99. The average Bonchev–Trinajstić information content (AvgIpc) is 3.55. The molecule has 2 aliphatic rings. The van der Waals surface area contributed by atoms with Gasteiger partial charge in [-0.15, -0.1) is 8.78 Å². The number of carbonyl (C=O) groups is 1. The first-order chi connectivity index (χ1) is 21.3. The minimum atomic E-state index is -4.19. The van der Waals surface area contributed by atoms with Crippen LogP contribution in [-0.4, -0.2) is 39.5 Å². The van der Waals surface area contributed by atoms with Crippen molar-refractivity contribution in [2.24, 2.45) is 0 Å². The molecule has 0 amide bonds. The van der Waals surface area contributed by atoms with Crippen LogP contribution in [0.15, 0.2) is 36.3 Å². The molecule has 198 valence electrons. The second-order valence-corrected chi connectivity index (χ2v) is 9.47. The van der Waals surface area contributed by atoms with Crippen LogP contribution in [0.5, 0.6) is 11.5 Å². The Morgan fingerprint density at radius 2 is 2.03 bits per heavy atom. The van der Waals surface area contributed by atoms with Crippen LogP contribution in [-0.2, 0) is 28.5 Å². The molecule has 1 unspecified atom stereocenters. The molecule has 5 rings (SSSR count). The minimum Gasteiger partial charge on any atom is -0.395 e. The Labute approximate surface area is 226 Å². The summed E-state index contributed by atoms with van der Waals surface area (Å²) < 4.78 is 134. The van der Waals surface area contributed by atoms with Crippen molar-refractivity contribution < 1.29 is 51.4 Å². The summed E-state index contributed by atoms with van der Waals surface area (Å²) in [4.78, 5) is 13.7. The number of aliphatic hydroxyl groups excluding tert-OH is 1. The molecular formula is C28H30F3NO5. The monoisotopic (exact) mass is 527 g/mol. The Morgan fingerprint density at radius 3 is 2.68 bits per heavy atom. The van der Waals surface area contributed by atoms with Gasteiger partial charge in [0.25, 0.3) is 0 Å². The lowest BCUT2D eigenvalue weighted by Crippen LogP contribution is -2.26. The van der Waals surface area contributed by atoms with Crippen molar-refractivity contribution in [2.75, 3.05) is 6.56 Å². The number of benzene rings is 2. The van der Waals surface area contributed by atoms with Crippen LogP contribution in [0, 0.1) is 5.82 Å². The molecule has 2 atom stereocenters. The first-order valence-electron chi connectivity index (χ1n) is 16.5. The molecule has 1 aromatic heterocycles. The molecule has 1 aliphatic heterocycles. The van der Waals surface area contributed by atoms with E-state index in [9.17, 15) is 23.8 Å². The summed E-state index contributed by atoms with van der Waals surface area (Å²) in [6.07, 6.45) is -7.62. The van der Waals surface area contributed by atoms with Crippen LogP contribution in [0.2, 0.25) is 0 Å². The van der Waals surface area contributed by atoms with Gasteiger partial charge in [0.1, 0.15) is 11.6 Å². The first kappa shape index (κ1) is 16.0. The third-order valence-electron chi connectivity index (χ3n) is 6.92. The summed E-state index contributed by atoms with van der Waals surface area (Å²) in [5.41, 5.74) is -4.63. The highest BCUT2D eigenvalue weighted by atomic mass is 19.3. The van der Waals surface area contributed by atoms with E-state index < -0.39 is 90.8 Å². The van der Waals surface area contributed by atoms with Gasteiger partial charge in [0.15, 0.2) is 11.5 Å². The molecule has 2 aromatic carbocycles. The first-order valence-corrected chi connectivity index (χ1v) is 11.5. The van der Waals surface area contributed by atoms with E-state index in [-0.39, 0.29) is 47.0 Å². The summed E-state index contributed by atoms with van der Waals surface area (Å²) in [6, 6.07) is 0.882. The second-order valence-electron chi connectivity index (χ2n) is 9.47. The highest BCUT2D eigenvalue weighted by molar-refractivity contribution is 5.95. The van der Waals surface area contributed by atoms with Crippen LogP contribution in [0.1, 0.15) is 70.5 Å². The van der Waals surface area contributed by atoms with Crippen molar-refractivity contribution in [3.8, 4) is 11.5 Å². The highest BCUT2D eigenvalue weighted by Gasteiger charge is 2.52. The molecule has 9 heteroatoms. The van der Waals surface area contributed by atoms with Crippen molar-refractivity contribution in [2.45, 2.75) is 76.1 Å². The van der Waals surface area contributed by atoms with E-state index in [0.29, 0.717) is 4.57 Å². The van der Waals surface area contributed by atoms with Gasteiger partial charge in [-0.2, -0.15) is 0 Å². The standard InChI is InChI=1S/C28H30F3NO5/c1-4-26(2,3)24-10-17-9-16(20(29)13-21(17)32(24)14-19(34)15-33)11-25(35)27(7-8-27)18-5-6-22-23(12-18)37-28(30,31)36-22/h5-6,9-10,12-13,19,33-34H,4,7-8,11,14-15H2,1-3H3/t19-/m1/s1/i2D3,5D,6D,12D,14D2,15D2/t19-,26?. The lowest BCUT2D eigenvalue weighted by atomic mass is 9.86. The summed E-state index contributed by atoms with van der Waals surface area (Å²) in [6.45, 7) is -6.71. The maximum Gasteiger partial charge on any atom is 0.586 e. The third-order valence-corrected chi connectivity index (χ3v) is 6.92. The summed E-state index contributed by atoms with van der Waals surface area (Å²) in [5.74, 6) is -3.42. The average molecular weight is 528 g/mol. The molecule has 37 heavy (non-hydrogen) atoms. The second kappa shape index (κ2) is 8.77. The van der Waals surface area contributed by atoms with Gasteiger partial charge in [0.2, 0.25) is 0 Å². The predicted molar refractivity (Wildman–Crippen MR) is 131 cm³/mol. The van der Waals surface area contributed by atoms with Crippen LogP contribution in [0.25, 0.3) is 10.9 Å². The number of hydrogen-bond donors (Lipinski definition) is 2. The van der Waals surface area contributed by atoms with E-state index in [1.165, 1.54) is 19.9 Å². The van der Waals surface area contributed by atoms with Gasteiger partial charge in [-0.25, -0.2) is 4.39 Å². The van der Waals surface area contributed by atoms with Gasteiger partial charge in [-0.05, 0) is 60.7 Å². The van der Waals surface area contributed by atoms with E-state index in [1.54, 1.807) is 0 Å². The molecule has 1 aliphatic carbocycles. The van der Waals surface area contributed by atoms with E-state index in [0.717, 1.165) is 12.1 Å². The van der Waals surface area contributed by atoms with Gasteiger partial charge >= 0.3 is 6.29 Å². The molecule has 6 nitrogen and oxygen atoms in total. The number of hydrogen-bond acceptors (Lipinski definition) is 5. The van der Waals surface area contributed by atoms with E-state index in [2.05, 4.69) is 9.47 Å². The molecule has 1 saturated carbocycles. The fourth-order valence-corrected chi connectivity index (χ4v) is 4.44. The molecule has 0 radical (unpaired) electrons. The molecule has 0 saturated heterocycles. The number of carbonyl (C=O) groups excluding carboxylic acids is 1. The maximum atomic E-state index is 15.8. The number of ketones is 1. The minimum absolute atomic E-state index is 0.00802. The fraction of sp³-hybridized carbons (Fsp3) is 0.464. The zero-order valence-corrected chi connectivity index (χ0v) is 19.8. The van der Waals surface area contributed by atoms with Gasteiger partial charge in [-0.1, -0.05) is 26.7 Å². The van der Waals surface area contributed by atoms with Crippen molar-refractivity contribution in [1.29, 1.82) is 0 Å². The normalized spacial score (nSPS) is 24.6. The lowest BCUT2D eigenvalue weighted by Gasteiger charge is -2.26. The van der Waals surface area contributed by atoms with E-state index >= 15 is 4.39 Å². The molecule has 3 aromatic rings. The molecular weight excluding hydrogens is 487 g/mol. The third kappa shape index (κ3) is 4.48. The maximum absolute atomic E-state index is 15.8. The van der Waals surface area contributed by atoms with Crippen molar-refractivity contribution in [1.82, 2.24) is 4.57 Å². The summed E-state index contributed by atoms with van der Waals surface area (Å²) in [5, 5.41) is 20.3. The van der Waals surface area contributed by atoms with E-state index in [4.69, 9.17) is 13.7 Å². The van der Waals surface area contributed by atoms with Crippen LogP contribution >= 0.6 is 0 Å². The Bertz CT molecular complexity index is 1800. The lowest BCUT2D eigenvalue weighted by molar-refractivity contribution is -0.286. The highest BCUT2D eigenvalue weighted by Crippen LogP contribution is 2.52. The number of fused-ring (bicyclic) bond motifs is 2. The Kier molecular flexibility index (Phi) is 3.80. The number of halogens is 3. The van der Waals surface area contributed by atoms with Gasteiger partial charge in [0, 0.05) is 27.0 Å². The summed E-state index contributed by atoms with van der Waals surface area (Å²) in [7, 11) is 0. The molecule has 0 bridgehead atoms. The Hall–Kier alpha value is -3.04. The molecule has 2 heterocycles. The number of aliphatic hydroxyl groups is 2. The van der Waals surface area contributed by atoms with Crippen molar-refractivity contribution in [3.05, 3.63) is 59.0 Å². The Morgan fingerprint density at radius 1 is 1.30 bits per heavy atom. The number of alkyl halides is 2. The fourth-order valence-electron chi connectivity index (χ4n) is 4.44. The molecule has 1 fully saturated rings. The van der Waals surface area contributed by atoms with Gasteiger partial charge in [0.05, 0.1) is 39.7 Å². The number of Topliss-reactive ketones (excluding diaryl/α,β-unsaturated/α-hetero) is 1. The molecule has 0 spiro atoms. The number of rotatable bonds is 9. The van der Waals surface area contributed by atoms with Crippen LogP contribution in [0.4, 0.5) is 13.2 Å². The zero-order chi connectivity index (χ0) is 35.4. The largest absolute Gasteiger partial charge is 0.586 e. The van der Waals surface area contributed by atoms with Crippen LogP contribution < -0.4 is 9.47 Å². The topological polar surface area (TPSA) is 80.9 Å². The SMILES string of the molecule is [2H]c1c([2H])c(C2(C(=O)Cc3cc4cc(C(C)(CC)C([2H])([2H])[2H])n(C([2H])([2H])[C@@H](O)C([2H])([2H])O)c4cc3F)CC2)c([2H])c2c1OC(F)(F)O2.